The largest absolute Gasteiger partial charge is 0.497 e. The third-order valence-electron chi connectivity index (χ3n) is 7.96. The number of methoxy groups -OCH3 is 2. The van der Waals surface area contributed by atoms with Crippen molar-refractivity contribution < 1.29 is 27.5 Å². The van der Waals surface area contributed by atoms with Gasteiger partial charge in [-0.3, -0.25) is 13.9 Å². The van der Waals surface area contributed by atoms with E-state index in [1.165, 1.54) is 37.3 Å². The number of hydrogen-bond donors (Lipinski definition) is 1. The summed E-state index contributed by atoms with van der Waals surface area (Å²) in [4.78, 5) is 29.6. The lowest BCUT2D eigenvalue weighted by Gasteiger charge is -2.35. The summed E-state index contributed by atoms with van der Waals surface area (Å²) in [6.45, 7) is 1.15. The van der Waals surface area contributed by atoms with Crippen molar-refractivity contribution in [1.82, 2.24) is 10.2 Å². The van der Waals surface area contributed by atoms with E-state index in [1.54, 1.807) is 48.5 Å². The number of nitrogens with one attached hydrogen (secondary N) is 1. The van der Waals surface area contributed by atoms with Crippen LogP contribution in [0.2, 0.25) is 10.0 Å². The predicted molar refractivity (Wildman–Crippen MR) is 177 cm³/mol. The lowest BCUT2D eigenvalue weighted by Crippen LogP contribution is -2.54. The molecule has 1 N–H and O–H groups in total. The molecule has 4 rings (SSSR count). The summed E-state index contributed by atoms with van der Waals surface area (Å²) in [6.07, 6.45) is 5.22. The van der Waals surface area contributed by atoms with Gasteiger partial charge in [0.1, 0.15) is 24.1 Å². The zero-order valence-corrected chi connectivity index (χ0v) is 28.0. The molecule has 1 aliphatic carbocycles. The van der Waals surface area contributed by atoms with Crippen molar-refractivity contribution in [3.05, 3.63) is 82.3 Å². The second-order valence-electron chi connectivity index (χ2n) is 10.9. The summed E-state index contributed by atoms with van der Waals surface area (Å²) in [5.41, 5.74) is 0.674. The number of amides is 2. The third-order valence-corrected chi connectivity index (χ3v) is 10.3. The van der Waals surface area contributed by atoms with Crippen LogP contribution in [0.25, 0.3) is 0 Å². The fourth-order valence-corrected chi connectivity index (χ4v) is 7.43. The highest BCUT2D eigenvalue weighted by Gasteiger charge is 2.36. The topological polar surface area (TPSA) is 105 Å². The number of rotatable bonds is 13. The van der Waals surface area contributed by atoms with E-state index in [1.807, 2.05) is 6.92 Å². The molecule has 0 aliphatic heterocycles. The quantitative estimate of drug-likeness (QED) is 0.223. The predicted octanol–water partition coefficient (Wildman–Crippen LogP) is 6.46. The van der Waals surface area contributed by atoms with Gasteiger partial charge in [0.15, 0.2) is 0 Å². The molecule has 1 aliphatic rings. The van der Waals surface area contributed by atoms with Gasteiger partial charge in [0.2, 0.25) is 11.8 Å². The molecule has 1 fully saturated rings. The Morgan fingerprint density at radius 1 is 0.956 bits per heavy atom. The first kappa shape index (κ1) is 34.4. The van der Waals surface area contributed by atoms with Crippen molar-refractivity contribution in [3.63, 3.8) is 0 Å². The van der Waals surface area contributed by atoms with Gasteiger partial charge in [0.05, 0.1) is 24.8 Å². The highest BCUT2D eigenvalue weighted by Crippen LogP contribution is 2.36. The highest BCUT2D eigenvalue weighted by atomic mass is 35.5. The van der Waals surface area contributed by atoms with Gasteiger partial charge in [0.25, 0.3) is 10.0 Å². The van der Waals surface area contributed by atoms with Crippen LogP contribution in [-0.2, 0) is 26.2 Å². The first-order chi connectivity index (χ1) is 21.6. The summed E-state index contributed by atoms with van der Waals surface area (Å²) in [7, 11) is -1.42. The summed E-state index contributed by atoms with van der Waals surface area (Å²) in [5.74, 6) is -0.303. The summed E-state index contributed by atoms with van der Waals surface area (Å²) in [6, 6.07) is 16.6. The normalized spacial score (nSPS) is 14.3. The van der Waals surface area contributed by atoms with Gasteiger partial charge < -0.3 is 19.7 Å². The number of sulfonamides is 1. The molecule has 0 aromatic heterocycles. The molecular formula is C33H39Cl2N3O6S. The van der Waals surface area contributed by atoms with Gasteiger partial charge in [-0.15, -0.1) is 0 Å². The van der Waals surface area contributed by atoms with Crippen molar-refractivity contribution in [1.29, 1.82) is 0 Å². The van der Waals surface area contributed by atoms with Crippen LogP contribution in [0.15, 0.2) is 71.6 Å². The van der Waals surface area contributed by atoms with Gasteiger partial charge in [-0.1, -0.05) is 73.7 Å². The molecule has 0 spiro atoms. The first-order valence-corrected chi connectivity index (χ1v) is 17.1. The average molecular weight is 677 g/mol. The maximum atomic E-state index is 14.4. The van der Waals surface area contributed by atoms with Crippen LogP contribution in [0.1, 0.15) is 51.0 Å². The van der Waals surface area contributed by atoms with Crippen molar-refractivity contribution in [2.45, 2.75) is 69.0 Å². The fraction of sp³-hybridized carbons (Fsp3) is 0.394. The van der Waals surface area contributed by atoms with Crippen LogP contribution in [-0.4, -0.2) is 58.0 Å². The van der Waals surface area contributed by atoms with E-state index in [4.69, 9.17) is 32.7 Å². The minimum Gasteiger partial charge on any atom is -0.497 e. The van der Waals surface area contributed by atoms with Crippen molar-refractivity contribution in [2.75, 3.05) is 25.1 Å². The Hall–Kier alpha value is -3.47. The molecule has 12 heteroatoms. The summed E-state index contributed by atoms with van der Waals surface area (Å²) in [5, 5.41) is 3.88. The lowest BCUT2D eigenvalue weighted by molar-refractivity contribution is -0.140. The highest BCUT2D eigenvalue weighted by molar-refractivity contribution is 7.92. The van der Waals surface area contributed by atoms with Crippen LogP contribution in [0, 0.1) is 0 Å². The van der Waals surface area contributed by atoms with E-state index in [9.17, 15) is 18.0 Å². The van der Waals surface area contributed by atoms with Crippen LogP contribution < -0.4 is 19.1 Å². The molecule has 0 saturated heterocycles. The lowest BCUT2D eigenvalue weighted by atomic mass is 9.95. The Bertz CT molecular complexity index is 1580. The van der Waals surface area contributed by atoms with E-state index >= 15 is 0 Å². The zero-order valence-electron chi connectivity index (χ0n) is 25.7. The average Bonchev–Trinajstić information content (AvgIpc) is 3.04. The first-order valence-electron chi connectivity index (χ1n) is 14.9. The Balaban J connectivity index is 1.78. The van der Waals surface area contributed by atoms with Crippen LogP contribution in [0.3, 0.4) is 0 Å². The SMILES string of the molecule is CC[C@@H](C(=O)NC1CCCCC1)N(Cc1ccc(Cl)cc1Cl)C(=O)CN(c1cc(OC)ccc1OC)S(=O)(=O)c1ccccc1. The van der Waals surface area contributed by atoms with E-state index < -0.39 is 28.5 Å². The number of carbonyl (C=O) groups excluding carboxylic acids is 2. The minimum atomic E-state index is -4.30. The second kappa shape index (κ2) is 15.7. The number of anilines is 1. The van der Waals surface area contributed by atoms with Crippen LogP contribution >= 0.6 is 23.2 Å². The Labute approximate surface area is 275 Å². The van der Waals surface area contributed by atoms with Crippen molar-refractivity contribution in [2.24, 2.45) is 0 Å². The van der Waals surface area contributed by atoms with Gasteiger partial charge in [0, 0.05) is 28.7 Å². The molecule has 3 aromatic carbocycles. The van der Waals surface area contributed by atoms with E-state index in [-0.39, 0.29) is 34.8 Å². The Kier molecular flexibility index (Phi) is 12.0. The Morgan fingerprint density at radius 3 is 2.29 bits per heavy atom. The number of benzene rings is 3. The smallest absolute Gasteiger partial charge is 0.264 e. The Morgan fingerprint density at radius 2 is 1.67 bits per heavy atom. The van der Waals surface area contributed by atoms with Crippen molar-refractivity contribution in [3.8, 4) is 11.5 Å². The fourth-order valence-electron chi connectivity index (χ4n) is 5.52. The molecular weight excluding hydrogens is 637 g/mol. The van der Waals surface area contributed by atoms with Gasteiger partial charge in [-0.05, 0) is 61.2 Å². The molecule has 0 bridgehead atoms. The molecule has 1 saturated carbocycles. The van der Waals surface area contributed by atoms with E-state index in [2.05, 4.69) is 5.32 Å². The molecule has 2 amide bonds. The second-order valence-corrected chi connectivity index (χ2v) is 13.6. The number of hydrogen-bond acceptors (Lipinski definition) is 6. The number of nitrogens with zero attached hydrogens (tertiary/aromatic N) is 2. The number of ether oxygens (including phenoxy) is 2. The van der Waals surface area contributed by atoms with E-state index in [0.29, 0.717) is 27.8 Å². The standard InChI is InChI=1S/C33H39Cl2N3O6S/c1-4-29(33(40)36-25-11-7-5-8-12-25)37(21-23-15-16-24(34)19-28(23)35)32(39)22-38(45(41,42)27-13-9-6-10-14-27)30-20-26(43-2)17-18-31(30)44-3/h6,9-10,13-20,25,29H,4-5,7-8,11-12,21-22H2,1-3H3,(H,36,40)/t29-/m0/s1. The van der Waals surface area contributed by atoms with Gasteiger partial charge in [-0.25, -0.2) is 8.42 Å². The molecule has 3 aromatic rings. The number of carbonyl (C=O) groups is 2. The van der Waals surface area contributed by atoms with Crippen LogP contribution in [0.4, 0.5) is 5.69 Å². The maximum Gasteiger partial charge on any atom is 0.264 e. The summed E-state index contributed by atoms with van der Waals surface area (Å²) >= 11 is 12.7. The molecule has 45 heavy (non-hydrogen) atoms. The molecule has 0 unspecified atom stereocenters. The van der Waals surface area contributed by atoms with Gasteiger partial charge >= 0.3 is 0 Å². The van der Waals surface area contributed by atoms with Gasteiger partial charge in [-0.2, -0.15) is 0 Å². The number of halogens is 2. The van der Waals surface area contributed by atoms with E-state index in [0.717, 1.165) is 36.4 Å². The monoisotopic (exact) mass is 675 g/mol. The van der Waals surface area contributed by atoms with Crippen molar-refractivity contribution >= 4 is 50.7 Å². The minimum absolute atomic E-state index is 0.0166. The molecule has 1 atom stereocenters. The maximum absolute atomic E-state index is 14.4. The third kappa shape index (κ3) is 8.42. The molecule has 0 radical (unpaired) electrons. The zero-order chi connectivity index (χ0) is 32.6. The molecule has 242 valence electrons. The molecule has 9 nitrogen and oxygen atoms in total. The summed E-state index contributed by atoms with van der Waals surface area (Å²) < 4.78 is 40.3. The molecule has 0 heterocycles. The van der Waals surface area contributed by atoms with Crippen LogP contribution in [0.5, 0.6) is 11.5 Å².